The Morgan fingerprint density at radius 1 is 1.21 bits per heavy atom. The maximum Gasteiger partial charge on any atom is 0.0518 e. The van der Waals surface area contributed by atoms with E-state index in [2.05, 4.69) is 31.3 Å². The molecule has 0 unspecified atom stereocenters. The van der Waals surface area contributed by atoms with Crippen molar-refractivity contribution in [1.82, 2.24) is 5.32 Å². The van der Waals surface area contributed by atoms with Crippen LogP contribution < -0.4 is 5.32 Å². The molecule has 0 saturated carbocycles. The zero-order chi connectivity index (χ0) is 13.9. The Hall–Kier alpha value is -0.220. The molecule has 0 aliphatic rings. The largest absolute Gasteiger partial charge is 0.379 e. The van der Waals surface area contributed by atoms with Crippen LogP contribution in [-0.4, -0.2) is 31.6 Å². The van der Waals surface area contributed by atoms with Gasteiger partial charge in [0.1, 0.15) is 0 Å². The van der Waals surface area contributed by atoms with Crippen LogP contribution in [0.5, 0.6) is 0 Å². The second-order valence-electron chi connectivity index (χ2n) is 4.70. The lowest BCUT2D eigenvalue weighted by atomic mass is 10.2. The van der Waals surface area contributed by atoms with Gasteiger partial charge in [-0.05, 0) is 44.5 Å². The van der Waals surface area contributed by atoms with Crippen molar-refractivity contribution in [2.75, 3.05) is 25.4 Å². The Balaban J connectivity index is 1.90. The van der Waals surface area contributed by atoms with E-state index in [9.17, 15) is 0 Å². The van der Waals surface area contributed by atoms with Gasteiger partial charge in [0.25, 0.3) is 0 Å². The van der Waals surface area contributed by atoms with E-state index in [1.54, 1.807) is 0 Å². The molecular formula is C15H24ClNOS. The van der Waals surface area contributed by atoms with E-state index in [1.165, 1.54) is 5.56 Å². The molecule has 0 saturated heterocycles. The Labute approximate surface area is 126 Å². The van der Waals surface area contributed by atoms with Crippen LogP contribution in [0.1, 0.15) is 25.8 Å². The minimum absolute atomic E-state index is 0.343. The van der Waals surface area contributed by atoms with Gasteiger partial charge in [0, 0.05) is 29.7 Å². The third-order valence-electron chi connectivity index (χ3n) is 2.55. The summed E-state index contributed by atoms with van der Waals surface area (Å²) < 4.78 is 5.48. The quantitative estimate of drug-likeness (QED) is 0.661. The lowest BCUT2D eigenvalue weighted by Crippen LogP contribution is -2.20. The Morgan fingerprint density at radius 3 is 2.63 bits per heavy atom. The first-order valence-electron chi connectivity index (χ1n) is 6.83. The number of nitrogens with one attached hydrogen (secondary N) is 1. The smallest absolute Gasteiger partial charge is 0.0518 e. The van der Waals surface area contributed by atoms with Crippen LogP contribution in [0.15, 0.2) is 24.3 Å². The molecule has 108 valence electrons. The SMILES string of the molecule is CC(C)OCCCNCCSCc1ccc(Cl)cc1. The monoisotopic (exact) mass is 301 g/mol. The van der Waals surface area contributed by atoms with E-state index in [1.807, 2.05) is 23.9 Å². The third-order valence-corrected chi connectivity index (χ3v) is 3.84. The van der Waals surface area contributed by atoms with Crippen molar-refractivity contribution in [3.63, 3.8) is 0 Å². The van der Waals surface area contributed by atoms with Crippen LogP contribution in [0.4, 0.5) is 0 Å². The maximum atomic E-state index is 5.85. The summed E-state index contributed by atoms with van der Waals surface area (Å²) in [4.78, 5) is 0. The van der Waals surface area contributed by atoms with Gasteiger partial charge in [-0.15, -0.1) is 0 Å². The first-order chi connectivity index (χ1) is 9.18. The second kappa shape index (κ2) is 10.6. The van der Waals surface area contributed by atoms with Gasteiger partial charge in [-0.3, -0.25) is 0 Å². The summed E-state index contributed by atoms with van der Waals surface area (Å²) >= 11 is 7.79. The number of thioether (sulfide) groups is 1. The summed E-state index contributed by atoms with van der Waals surface area (Å²) in [5.74, 6) is 2.18. The number of hydrogen-bond donors (Lipinski definition) is 1. The van der Waals surface area contributed by atoms with Crippen LogP contribution in [0.2, 0.25) is 5.02 Å². The maximum absolute atomic E-state index is 5.85. The average molecular weight is 302 g/mol. The molecule has 1 aromatic carbocycles. The number of hydrogen-bond acceptors (Lipinski definition) is 3. The molecule has 0 spiro atoms. The third kappa shape index (κ3) is 9.33. The Morgan fingerprint density at radius 2 is 1.95 bits per heavy atom. The minimum atomic E-state index is 0.343. The molecule has 0 radical (unpaired) electrons. The molecule has 4 heteroatoms. The number of benzene rings is 1. The standard InChI is InChI=1S/C15H24ClNOS/c1-13(2)18-10-3-8-17-9-11-19-12-14-4-6-15(16)7-5-14/h4-7,13,17H,3,8-12H2,1-2H3. The molecule has 0 bridgehead atoms. The first kappa shape index (κ1) is 16.8. The normalized spacial score (nSPS) is 11.2. The fourth-order valence-electron chi connectivity index (χ4n) is 1.56. The number of rotatable bonds is 10. The highest BCUT2D eigenvalue weighted by Gasteiger charge is 1.95. The van der Waals surface area contributed by atoms with Crippen molar-refractivity contribution in [2.45, 2.75) is 32.1 Å². The molecule has 0 heterocycles. The summed E-state index contributed by atoms with van der Waals surface area (Å²) in [5, 5.41) is 4.24. The van der Waals surface area contributed by atoms with E-state index >= 15 is 0 Å². The van der Waals surface area contributed by atoms with Crippen LogP contribution in [0.25, 0.3) is 0 Å². The van der Waals surface area contributed by atoms with Gasteiger partial charge in [0.05, 0.1) is 6.10 Å². The number of halogens is 1. The van der Waals surface area contributed by atoms with E-state index in [-0.39, 0.29) is 0 Å². The summed E-state index contributed by atoms with van der Waals surface area (Å²) in [7, 11) is 0. The molecule has 19 heavy (non-hydrogen) atoms. The van der Waals surface area contributed by atoms with Gasteiger partial charge in [0.2, 0.25) is 0 Å². The Kier molecular flexibility index (Phi) is 9.35. The lowest BCUT2D eigenvalue weighted by Gasteiger charge is -2.08. The van der Waals surface area contributed by atoms with Gasteiger partial charge in [-0.25, -0.2) is 0 Å². The molecule has 0 atom stereocenters. The zero-order valence-electron chi connectivity index (χ0n) is 11.8. The molecule has 0 aliphatic heterocycles. The van der Waals surface area contributed by atoms with Crippen molar-refractivity contribution in [2.24, 2.45) is 0 Å². The average Bonchev–Trinajstić information content (AvgIpc) is 2.38. The van der Waals surface area contributed by atoms with E-state index in [0.29, 0.717) is 6.10 Å². The van der Waals surface area contributed by atoms with E-state index < -0.39 is 0 Å². The van der Waals surface area contributed by atoms with Crippen molar-refractivity contribution in [3.8, 4) is 0 Å². The van der Waals surface area contributed by atoms with Crippen LogP contribution in [0.3, 0.4) is 0 Å². The van der Waals surface area contributed by atoms with Crippen molar-refractivity contribution in [3.05, 3.63) is 34.9 Å². The molecule has 0 fully saturated rings. The first-order valence-corrected chi connectivity index (χ1v) is 8.36. The predicted molar refractivity (Wildman–Crippen MR) is 86.2 cm³/mol. The lowest BCUT2D eigenvalue weighted by molar-refractivity contribution is 0.0772. The summed E-state index contributed by atoms with van der Waals surface area (Å²) in [6.07, 6.45) is 1.43. The molecule has 1 N–H and O–H groups in total. The molecule has 1 rings (SSSR count). The van der Waals surface area contributed by atoms with Crippen LogP contribution in [-0.2, 0) is 10.5 Å². The summed E-state index contributed by atoms with van der Waals surface area (Å²) in [6.45, 7) is 7.08. The predicted octanol–water partition coefficient (Wildman–Crippen LogP) is 3.98. The van der Waals surface area contributed by atoms with Crippen molar-refractivity contribution >= 4 is 23.4 Å². The second-order valence-corrected chi connectivity index (χ2v) is 6.24. The van der Waals surface area contributed by atoms with Gasteiger partial charge >= 0.3 is 0 Å². The highest BCUT2D eigenvalue weighted by molar-refractivity contribution is 7.98. The minimum Gasteiger partial charge on any atom is -0.379 e. The number of ether oxygens (including phenoxy) is 1. The zero-order valence-corrected chi connectivity index (χ0v) is 13.4. The summed E-state index contributed by atoms with van der Waals surface area (Å²) in [5.41, 5.74) is 1.33. The van der Waals surface area contributed by atoms with Gasteiger partial charge in [-0.2, -0.15) is 11.8 Å². The topological polar surface area (TPSA) is 21.3 Å². The molecule has 0 amide bonds. The highest BCUT2D eigenvalue weighted by Crippen LogP contribution is 2.14. The fourth-order valence-corrected chi connectivity index (χ4v) is 2.54. The van der Waals surface area contributed by atoms with Crippen LogP contribution >= 0.6 is 23.4 Å². The van der Waals surface area contributed by atoms with Gasteiger partial charge in [-0.1, -0.05) is 23.7 Å². The molecular weight excluding hydrogens is 278 g/mol. The molecule has 1 aromatic rings. The van der Waals surface area contributed by atoms with E-state index in [0.717, 1.165) is 42.6 Å². The molecule has 0 aliphatic carbocycles. The van der Waals surface area contributed by atoms with Crippen molar-refractivity contribution in [1.29, 1.82) is 0 Å². The Bertz CT molecular complexity index is 329. The van der Waals surface area contributed by atoms with Crippen LogP contribution in [0, 0.1) is 0 Å². The van der Waals surface area contributed by atoms with Gasteiger partial charge < -0.3 is 10.1 Å². The molecule has 2 nitrogen and oxygen atoms in total. The van der Waals surface area contributed by atoms with E-state index in [4.69, 9.17) is 16.3 Å². The fraction of sp³-hybridized carbons (Fsp3) is 0.600. The summed E-state index contributed by atoms with van der Waals surface area (Å²) in [6, 6.07) is 8.08. The van der Waals surface area contributed by atoms with Gasteiger partial charge in [0.15, 0.2) is 0 Å². The highest BCUT2D eigenvalue weighted by atomic mass is 35.5. The molecule has 0 aromatic heterocycles. The van der Waals surface area contributed by atoms with Crippen molar-refractivity contribution < 1.29 is 4.74 Å².